The summed E-state index contributed by atoms with van der Waals surface area (Å²) in [5.41, 5.74) is 0. The molecule has 1 aliphatic rings. The van der Waals surface area contributed by atoms with Crippen LogP contribution in [0, 0.1) is 11.6 Å². The van der Waals surface area contributed by atoms with E-state index in [-0.39, 0.29) is 24.0 Å². The van der Waals surface area contributed by atoms with Crippen molar-refractivity contribution >= 4 is 17.5 Å². The Morgan fingerprint density at radius 2 is 2.21 bits per heavy atom. The van der Waals surface area contributed by atoms with Gasteiger partial charge in [0, 0.05) is 38.7 Å². The minimum absolute atomic E-state index is 0.0300. The van der Waals surface area contributed by atoms with E-state index < -0.39 is 11.6 Å². The lowest BCUT2D eigenvalue weighted by Gasteiger charge is -2.22. The number of carbonyl (C=O) groups excluding carboxylic acids is 1. The fraction of sp³-hybridized carbons (Fsp3) is 0.500. The molecule has 0 aliphatic carbocycles. The summed E-state index contributed by atoms with van der Waals surface area (Å²) in [6.07, 6.45) is 0.273. The minimum atomic E-state index is -0.716. The van der Waals surface area contributed by atoms with Crippen LogP contribution < -0.4 is 15.5 Å². The topological polar surface area (TPSA) is 57.3 Å². The summed E-state index contributed by atoms with van der Waals surface area (Å²) in [6.45, 7) is 3.54. The average Bonchev–Trinajstić information content (AvgIpc) is 2.58. The number of hydrogen-bond acceptors (Lipinski definition) is 4. The van der Waals surface area contributed by atoms with Gasteiger partial charge in [-0.3, -0.25) is 4.79 Å². The smallest absolute Gasteiger partial charge is 0.221 e. The van der Waals surface area contributed by atoms with Crippen LogP contribution in [0.15, 0.2) is 6.07 Å². The number of pyridine rings is 1. The highest BCUT2D eigenvalue weighted by atomic mass is 19.1. The molecule has 0 spiro atoms. The zero-order valence-corrected chi connectivity index (χ0v) is 10.7. The van der Waals surface area contributed by atoms with Gasteiger partial charge in [-0.1, -0.05) is 0 Å². The van der Waals surface area contributed by atoms with Crippen LogP contribution in [-0.4, -0.2) is 37.1 Å². The van der Waals surface area contributed by atoms with Gasteiger partial charge in [0.05, 0.1) is 0 Å². The van der Waals surface area contributed by atoms with E-state index in [4.69, 9.17) is 0 Å². The van der Waals surface area contributed by atoms with Crippen LogP contribution >= 0.6 is 0 Å². The molecule has 1 fully saturated rings. The normalized spacial score (nSPS) is 15.9. The van der Waals surface area contributed by atoms with Crippen LogP contribution in [0.4, 0.5) is 20.4 Å². The predicted octanol–water partition coefficient (Wildman–Crippen LogP) is 1.12. The van der Waals surface area contributed by atoms with Gasteiger partial charge < -0.3 is 15.5 Å². The Bertz CT molecular complexity index is 481. The van der Waals surface area contributed by atoms with Crippen molar-refractivity contribution in [3.8, 4) is 0 Å². The van der Waals surface area contributed by atoms with Crippen LogP contribution in [0.5, 0.6) is 0 Å². The first-order chi connectivity index (χ1) is 9.11. The maximum Gasteiger partial charge on any atom is 0.221 e. The Labute approximate surface area is 110 Å². The number of rotatable bonds is 3. The van der Waals surface area contributed by atoms with Crippen molar-refractivity contribution in [1.29, 1.82) is 0 Å². The summed E-state index contributed by atoms with van der Waals surface area (Å²) in [7, 11) is 0. The van der Waals surface area contributed by atoms with Crippen LogP contribution in [0.1, 0.15) is 13.3 Å². The molecular formula is C12H16F2N4O. The lowest BCUT2D eigenvalue weighted by Crippen LogP contribution is -2.30. The molecule has 0 radical (unpaired) electrons. The first kappa shape index (κ1) is 13.5. The van der Waals surface area contributed by atoms with Crippen molar-refractivity contribution in [2.45, 2.75) is 13.3 Å². The van der Waals surface area contributed by atoms with Gasteiger partial charge in [0.2, 0.25) is 5.91 Å². The maximum absolute atomic E-state index is 13.8. The Morgan fingerprint density at radius 1 is 1.42 bits per heavy atom. The standard InChI is InChI=1S/C12H16F2N4O/c1-2-15-11-8(13)7-9(14)12(17-11)18-5-3-10(19)16-4-6-18/h7H,2-6H2,1H3,(H,15,17)(H,16,19). The molecule has 19 heavy (non-hydrogen) atoms. The summed E-state index contributed by atoms with van der Waals surface area (Å²) in [5, 5.41) is 5.44. The maximum atomic E-state index is 13.8. The highest BCUT2D eigenvalue weighted by Gasteiger charge is 2.20. The van der Waals surface area contributed by atoms with Gasteiger partial charge >= 0.3 is 0 Å². The third-order valence-corrected chi connectivity index (χ3v) is 2.87. The first-order valence-corrected chi connectivity index (χ1v) is 6.23. The van der Waals surface area contributed by atoms with Crippen molar-refractivity contribution in [2.75, 3.05) is 36.4 Å². The largest absolute Gasteiger partial charge is 0.368 e. The number of nitrogens with zero attached hydrogens (tertiary/aromatic N) is 2. The molecule has 0 saturated carbocycles. The van der Waals surface area contributed by atoms with Gasteiger partial charge in [-0.05, 0) is 6.92 Å². The second kappa shape index (κ2) is 5.81. The quantitative estimate of drug-likeness (QED) is 0.864. The molecule has 2 rings (SSSR count). The van der Waals surface area contributed by atoms with Crippen LogP contribution in [0.25, 0.3) is 0 Å². The highest BCUT2D eigenvalue weighted by Crippen LogP contribution is 2.22. The van der Waals surface area contributed by atoms with E-state index in [0.29, 0.717) is 26.2 Å². The van der Waals surface area contributed by atoms with Gasteiger partial charge in [0.1, 0.15) is 0 Å². The molecule has 0 aromatic carbocycles. The summed E-state index contributed by atoms with van der Waals surface area (Å²) in [4.78, 5) is 16.9. The molecule has 0 atom stereocenters. The molecule has 2 heterocycles. The lowest BCUT2D eigenvalue weighted by molar-refractivity contribution is -0.120. The van der Waals surface area contributed by atoms with Gasteiger partial charge in [-0.2, -0.15) is 0 Å². The van der Waals surface area contributed by atoms with E-state index in [2.05, 4.69) is 15.6 Å². The summed E-state index contributed by atoms with van der Waals surface area (Å²) >= 11 is 0. The summed E-state index contributed by atoms with van der Waals surface area (Å²) in [5.74, 6) is -1.39. The Hall–Kier alpha value is -1.92. The molecule has 1 aliphatic heterocycles. The zero-order valence-electron chi connectivity index (χ0n) is 10.7. The van der Waals surface area contributed by atoms with Crippen LogP contribution in [0.2, 0.25) is 0 Å². The summed E-state index contributed by atoms with van der Waals surface area (Å²) in [6, 6.07) is 0.820. The molecule has 0 unspecified atom stereocenters. The van der Waals surface area contributed by atoms with Gasteiger partial charge in [-0.25, -0.2) is 13.8 Å². The molecule has 0 bridgehead atoms. The number of hydrogen-bond donors (Lipinski definition) is 2. The van der Waals surface area contributed by atoms with E-state index in [9.17, 15) is 13.6 Å². The van der Waals surface area contributed by atoms with Gasteiger partial charge in [-0.15, -0.1) is 0 Å². The zero-order chi connectivity index (χ0) is 13.8. The number of anilines is 2. The fourth-order valence-electron chi connectivity index (χ4n) is 1.95. The molecule has 1 aromatic rings. The highest BCUT2D eigenvalue weighted by molar-refractivity contribution is 5.77. The number of amides is 1. The van der Waals surface area contributed by atoms with Crippen LogP contribution in [0.3, 0.4) is 0 Å². The number of aromatic nitrogens is 1. The first-order valence-electron chi connectivity index (χ1n) is 6.23. The Morgan fingerprint density at radius 3 is 2.95 bits per heavy atom. The average molecular weight is 270 g/mol. The SMILES string of the molecule is CCNc1nc(N2CCNC(=O)CC2)c(F)cc1F. The molecule has 1 aromatic heterocycles. The van der Waals surface area contributed by atoms with Gasteiger partial charge in [0.15, 0.2) is 23.3 Å². The monoisotopic (exact) mass is 270 g/mol. The molecule has 1 saturated heterocycles. The number of nitrogens with one attached hydrogen (secondary N) is 2. The van der Waals surface area contributed by atoms with Gasteiger partial charge in [0.25, 0.3) is 0 Å². The molecule has 7 heteroatoms. The molecule has 5 nitrogen and oxygen atoms in total. The van der Waals surface area contributed by atoms with E-state index >= 15 is 0 Å². The second-order valence-corrected chi connectivity index (χ2v) is 4.24. The second-order valence-electron chi connectivity index (χ2n) is 4.24. The van der Waals surface area contributed by atoms with Crippen molar-refractivity contribution in [1.82, 2.24) is 10.3 Å². The van der Waals surface area contributed by atoms with Crippen molar-refractivity contribution in [3.63, 3.8) is 0 Å². The number of carbonyl (C=O) groups is 1. The van der Waals surface area contributed by atoms with E-state index in [1.807, 2.05) is 0 Å². The van der Waals surface area contributed by atoms with Crippen molar-refractivity contribution in [3.05, 3.63) is 17.7 Å². The molecular weight excluding hydrogens is 254 g/mol. The Balaban J connectivity index is 2.27. The van der Waals surface area contributed by atoms with Crippen molar-refractivity contribution < 1.29 is 13.6 Å². The fourth-order valence-corrected chi connectivity index (χ4v) is 1.95. The Kier molecular flexibility index (Phi) is 4.13. The minimum Gasteiger partial charge on any atom is -0.368 e. The third kappa shape index (κ3) is 3.10. The van der Waals surface area contributed by atoms with E-state index in [0.717, 1.165) is 6.07 Å². The van der Waals surface area contributed by atoms with Crippen molar-refractivity contribution in [2.24, 2.45) is 0 Å². The van der Waals surface area contributed by atoms with E-state index in [1.165, 1.54) is 0 Å². The predicted molar refractivity (Wildman–Crippen MR) is 68.2 cm³/mol. The van der Waals surface area contributed by atoms with Crippen LogP contribution in [-0.2, 0) is 4.79 Å². The number of halogens is 2. The lowest BCUT2D eigenvalue weighted by atomic mass is 10.3. The molecule has 2 N–H and O–H groups in total. The van der Waals surface area contributed by atoms with E-state index in [1.54, 1.807) is 11.8 Å². The molecule has 1 amide bonds. The molecule has 104 valence electrons. The summed E-state index contributed by atoms with van der Waals surface area (Å²) < 4.78 is 27.3. The third-order valence-electron chi connectivity index (χ3n) is 2.87.